The van der Waals surface area contributed by atoms with Crippen LogP contribution >= 0.6 is 0 Å². The second-order valence-electron chi connectivity index (χ2n) is 18.4. The van der Waals surface area contributed by atoms with Gasteiger partial charge in [-0.3, -0.25) is 9.59 Å². The Kier molecular flexibility index (Phi) is 56.0. The Balaban J connectivity index is 4.41. The van der Waals surface area contributed by atoms with Gasteiger partial charge in [-0.25, -0.2) is 0 Å². The number of ether oxygens (including phenoxy) is 3. The summed E-state index contributed by atoms with van der Waals surface area (Å²) in [6, 6.07) is 0. The van der Waals surface area contributed by atoms with E-state index in [4.69, 9.17) is 14.2 Å². The van der Waals surface area contributed by atoms with Gasteiger partial charge in [0.1, 0.15) is 6.61 Å². The van der Waals surface area contributed by atoms with Gasteiger partial charge in [-0.15, -0.1) is 0 Å². The normalized spacial score (nSPS) is 13.2. The van der Waals surface area contributed by atoms with Crippen LogP contribution in [0.1, 0.15) is 239 Å². The van der Waals surface area contributed by atoms with Crippen molar-refractivity contribution in [3.8, 4) is 0 Å². The van der Waals surface area contributed by atoms with Gasteiger partial charge in [0.2, 0.25) is 0 Å². The van der Waals surface area contributed by atoms with E-state index in [1.807, 2.05) is 0 Å². The number of carbonyl (C=O) groups excluding carboxylic acids is 2. The Bertz CT molecular complexity index is 1470. The van der Waals surface area contributed by atoms with Crippen LogP contribution in [0.4, 0.5) is 0 Å². The molecule has 0 fully saturated rings. The lowest BCUT2D eigenvalue weighted by molar-refractivity contribution is -0.163. The van der Waals surface area contributed by atoms with Gasteiger partial charge in [0.25, 0.3) is 0 Å². The van der Waals surface area contributed by atoms with E-state index in [-0.39, 0.29) is 25.2 Å². The zero-order valence-corrected chi connectivity index (χ0v) is 45.5. The van der Waals surface area contributed by atoms with Crippen LogP contribution in [0.15, 0.2) is 134 Å². The van der Waals surface area contributed by atoms with Crippen molar-refractivity contribution in [2.75, 3.05) is 19.8 Å². The van der Waals surface area contributed by atoms with Crippen LogP contribution in [0, 0.1) is 0 Å². The third-order valence-electron chi connectivity index (χ3n) is 11.7. The first-order chi connectivity index (χ1) is 34.6. The number of hydrogen-bond acceptors (Lipinski definition) is 5. The molecule has 0 amide bonds. The molecular weight excluding hydrogens is 861 g/mol. The van der Waals surface area contributed by atoms with Gasteiger partial charge in [0.05, 0.1) is 6.61 Å². The van der Waals surface area contributed by atoms with E-state index in [9.17, 15) is 9.59 Å². The summed E-state index contributed by atoms with van der Waals surface area (Å²) in [5, 5.41) is 0. The fraction of sp³-hybridized carbons (Fsp3) is 0.631. The molecule has 0 aliphatic carbocycles. The van der Waals surface area contributed by atoms with Crippen LogP contribution in [-0.2, 0) is 23.8 Å². The van der Waals surface area contributed by atoms with Crippen molar-refractivity contribution in [1.82, 2.24) is 0 Å². The van der Waals surface area contributed by atoms with Crippen LogP contribution in [0.25, 0.3) is 0 Å². The Morgan fingerprint density at radius 2 is 0.643 bits per heavy atom. The fourth-order valence-electron chi connectivity index (χ4n) is 7.44. The number of unbranched alkanes of at least 4 members (excludes halogenated alkanes) is 18. The van der Waals surface area contributed by atoms with Gasteiger partial charge in [0, 0.05) is 19.4 Å². The highest BCUT2D eigenvalue weighted by molar-refractivity contribution is 5.70. The number of hydrogen-bond donors (Lipinski definition) is 0. The highest BCUT2D eigenvalue weighted by Gasteiger charge is 2.17. The van der Waals surface area contributed by atoms with Crippen molar-refractivity contribution in [1.29, 1.82) is 0 Å². The molecule has 5 heteroatoms. The summed E-state index contributed by atoms with van der Waals surface area (Å²) >= 11 is 0. The molecule has 0 aromatic heterocycles. The average Bonchev–Trinajstić information content (AvgIpc) is 3.36. The van der Waals surface area contributed by atoms with Crippen molar-refractivity contribution < 1.29 is 23.8 Å². The summed E-state index contributed by atoms with van der Waals surface area (Å²) in [5.74, 6) is -0.452. The molecule has 1 atom stereocenters. The monoisotopic (exact) mass is 967 g/mol. The van der Waals surface area contributed by atoms with Crippen molar-refractivity contribution in [2.45, 2.75) is 245 Å². The molecule has 0 radical (unpaired) electrons. The molecule has 0 aromatic rings. The molecule has 0 aliphatic rings. The fourth-order valence-corrected chi connectivity index (χ4v) is 7.44. The highest BCUT2D eigenvalue weighted by atomic mass is 16.6. The molecule has 0 spiro atoms. The molecule has 0 saturated carbocycles. The average molecular weight is 968 g/mol. The zero-order chi connectivity index (χ0) is 50.6. The Morgan fingerprint density at radius 1 is 0.329 bits per heavy atom. The summed E-state index contributed by atoms with van der Waals surface area (Å²) < 4.78 is 17.4. The summed E-state index contributed by atoms with van der Waals surface area (Å²) in [5.41, 5.74) is 0. The molecule has 0 saturated heterocycles. The summed E-state index contributed by atoms with van der Waals surface area (Å²) in [7, 11) is 0. The number of carbonyl (C=O) groups is 2. The Labute approximate surface area is 432 Å². The lowest BCUT2D eigenvalue weighted by Crippen LogP contribution is -2.30. The number of allylic oxidation sites excluding steroid dienone is 22. The Hall–Kier alpha value is -3.96. The maximum absolute atomic E-state index is 12.9. The van der Waals surface area contributed by atoms with E-state index < -0.39 is 6.10 Å². The quantitative estimate of drug-likeness (QED) is 0.0345. The van der Waals surface area contributed by atoms with Gasteiger partial charge < -0.3 is 14.2 Å². The smallest absolute Gasteiger partial charge is 0.306 e. The topological polar surface area (TPSA) is 61.8 Å². The molecule has 0 heterocycles. The maximum Gasteiger partial charge on any atom is 0.306 e. The number of esters is 2. The van der Waals surface area contributed by atoms with Crippen LogP contribution in [0.2, 0.25) is 0 Å². The standard InChI is InChI=1S/C65H106O5/c1-4-7-10-13-16-19-22-25-28-30-32-34-36-39-42-45-48-51-54-57-60-68-61-63(70-65(67)59-56-53-50-47-44-41-37-27-24-21-18-15-12-9-6-3)62-69-64(66)58-55-52-49-46-43-40-38-35-33-31-29-26-23-20-17-14-11-8-5-2/h7,9-10,12,16-21,25-29,32-35,37,39,42,63H,4-6,8,11,13-15,22-24,30-31,36,38,40-41,43-62H2,1-3H3/b10-7-,12-9-,19-16-,20-17-,21-18-,28-25-,29-26-,34-32-,35-33-,37-27-,42-39-. The molecule has 0 aliphatic heterocycles. The highest BCUT2D eigenvalue weighted by Crippen LogP contribution is 2.13. The molecule has 0 N–H and O–H groups in total. The second-order valence-corrected chi connectivity index (χ2v) is 18.4. The van der Waals surface area contributed by atoms with Crippen molar-refractivity contribution in [3.63, 3.8) is 0 Å². The molecular formula is C65H106O5. The number of rotatable bonds is 51. The third kappa shape index (κ3) is 56.6. The first-order valence-corrected chi connectivity index (χ1v) is 28.7. The first-order valence-electron chi connectivity index (χ1n) is 28.7. The minimum absolute atomic E-state index is 0.0521. The maximum atomic E-state index is 12.9. The molecule has 1 unspecified atom stereocenters. The van der Waals surface area contributed by atoms with E-state index in [2.05, 4.69) is 154 Å². The van der Waals surface area contributed by atoms with Crippen LogP contribution < -0.4 is 0 Å². The van der Waals surface area contributed by atoms with Gasteiger partial charge in [0.15, 0.2) is 6.10 Å². The van der Waals surface area contributed by atoms with Crippen LogP contribution in [0.5, 0.6) is 0 Å². The molecule has 70 heavy (non-hydrogen) atoms. The molecule has 0 rings (SSSR count). The molecule has 0 aromatic carbocycles. The summed E-state index contributed by atoms with van der Waals surface area (Å²) in [6.45, 7) is 7.48. The molecule has 396 valence electrons. The SMILES string of the molecule is CC/C=C\C/C=C\C/C=C\C/C=C\C/C=C\CCCCCCOCC(COC(=O)CCCCCCCC/C=C\C/C=C\C/C=C\CCCCC)OC(=O)CCCCCCC/C=C\C/C=C\C/C=C\CC. The summed E-state index contributed by atoms with van der Waals surface area (Å²) in [6.07, 6.45) is 84.7. The largest absolute Gasteiger partial charge is 0.462 e. The van der Waals surface area contributed by atoms with Gasteiger partial charge in [-0.2, -0.15) is 0 Å². The van der Waals surface area contributed by atoms with E-state index in [1.54, 1.807) is 0 Å². The van der Waals surface area contributed by atoms with E-state index >= 15 is 0 Å². The van der Waals surface area contributed by atoms with Gasteiger partial charge in [-0.1, -0.05) is 225 Å². The van der Waals surface area contributed by atoms with Gasteiger partial charge in [-0.05, 0) is 135 Å². The predicted octanol–water partition coefficient (Wildman–Crippen LogP) is 19.9. The van der Waals surface area contributed by atoms with E-state index in [0.717, 1.165) is 141 Å². The predicted molar refractivity (Wildman–Crippen MR) is 306 cm³/mol. The van der Waals surface area contributed by atoms with Crippen LogP contribution in [0.3, 0.4) is 0 Å². The lowest BCUT2D eigenvalue weighted by Gasteiger charge is -2.18. The molecule has 0 bridgehead atoms. The Morgan fingerprint density at radius 3 is 1.03 bits per heavy atom. The van der Waals surface area contributed by atoms with Gasteiger partial charge >= 0.3 is 11.9 Å². The minimum Gasteiger partial charge on any atom is -0.462 e. The third-order valence-corrected chi connectivity index (χ3v) is 11.7. The van der Waals surface area contributed by atoms with E-state index in [1.165, 1.54) is 64.2 Å². The van der Waals surface area contributed by atoms with Crippen molar-refractivity contribution in [3.05, 3.63) is 134 Å². The second kappa shape index (κ2) is 59.3. The van der Waals surface area contributed by atoms with E-state index in [0.29, 0.717) is 19.4 Å². The van der Waals surface area contributed by atoms with Crippen LogP contribution in [-0.4, -0.2) is 37.9 Å². The minimum atomic E-state index is -0.575. The first kappa shape index (κ1) is 66.0. The molecule has 5 nitrogen and oxygen atoms in total. The lowest BCUT2D eigenvalue weighted by atomic mass is 10.1. The van der Waals surface area contributed by atoms with Crippen molar-refractivity contribution in [2.24, 2.45) is 0 Å². The zero-order valence-electron chi connectivity index (χ0n) is 45.5. The van der Waals surface area contributed by atoms with Crippen molar-refractivity contribution >= 4 is 11.9 Å². The summed E-state index contributed by atoms with van der Waals surface area (Å²) in [4.78, 5) is 25.5.